The first-order valence-corrected chi connectivity index (χ1v) is 6.51. The molecule has 1 aromatic heterocycles. The lowest BCUT2D eigenvalue weighted by Gasteiger charge is -2.16. The normalized spacial score (nSPS) is 12.4. The maximum absolute atomic E-state index is 11.9. The summed E-state index contributed by atoms with van der Waals surface area (Å²) in [4.78, 5) is 11.9. The molecular formula is C11H18BrN3O3. The lowest BCUT2D eigenvalue weighted by molar-refractivity contribution is 0.191. The van der Waals surface area contributed by atoms with Gasteiger partial charge in [-0.15, -0.1) is 0 Å². The average molecular weight is 320 g/mol. The Hall–Kier alpha value is -0.920. The zero-order chi connectivity index (χ0) is 13.5. The molecule has 0 saturated carbocycles. The Bertz CT molecular complexity index is 436. The molecule has 1 heterocycles. The van der Waals surface area contributed by atoms with Crippen molar-refractivity contribution in [2.24, 2.45) is 0 Å². The van der Waals surface area contributed by atoms with Crippen LogP contribution < -0.4 is 10.9 Å². The van der Waals surface area contributed by atoms with E-state index < -0.39 is 0 Å². The van der Waals surface area contributed by atoms with E-state index in [1.165, 1.54) is 4.68 Å². The van der Waals surface area contributed by atoms with Crippen LogP contribution in [0.5, 0.6) is 0 Å². The molecule has 0 amide bonds. The van der Waals surface area contributed by atoms with Gasteiger partial charge in [0.1, 0.15) is 4.47 Å². The molecule has 1 aromatic rings. The SMILES string of the molecule is COCCC(C)Nc1cnn(CCO)c(=O)c1Br. The Balaban J connectivity index is 2.79. The number of nitrogens with one attached hydrogen (secondary N) is 1. The van der Waals surface area contributed by atoms with Crippen LogP contribution in [0.25, 0.3) is 0 Å². The Kier molecular flexibility index (Phi) is 6.31. The molecular weight excluding hydrogens is 302 g/mol. The minimum Gasteiger partial charge on any atom is -0.394 e. The van der Waals surface area contributed by atoms with Crippen LogP contribution in [-0.2, 0) is 11.3 Å². The van der Waals surface area contributed by atoms with E-state index in [4.69, 9.17) is 9.84 Å². The molecule has 0 spiro atoms. The molecule has 0 aliphatic heterocycles. The summed E-state index contributed by atoms with van der Waals surface area (Å²) in [6.07, 6.45) is 2.41. The first-order chi connectivity index (χ1) is 8.60. The lowest BCUT2D eigenvalue weighted by Crippen LogP contribution is -2.27. The van der Waals surface area contributed by atoms with Crippen LogP contribution in [0.15, 0.2) is 15.5 Å². The predicted molar refractivity (Wildman–Crippen MR) is 72.9 cm³/mol. The number of rotatable bonds is 7. The van der Waals surface area contributed by atoms with Gasteiger partial charge in [0, 0.05) is 19.8 Å². The number of halogens is 1. The van der Waals surface area contributed by atoms with Gasteiger partial charge in [0.05, 0.1) is 25.0 Å². The number of aromatic nitrogens is 2. The summed E-state index contributed by atoms with van der Waals surface area (Å²) < 4.78 is 6.64. The van der Waals surface area contributed by atoms with E-state index >= 15 is 0 Å². The molecule has 102 valence electrons. The Labute approximate surface area is 114 Å². The Morgan fingerprint density at radius 1 is 1.67 bits per heavy atom. The van der Waals surface area contributed by atoms with E-state index in [2.05, 4.69) is 26.3 Å². The number of hydrogen-bond acceptors (Lipinski definition) is 5. The maximum Gasteiger partial charge on any atom is 0.283 e. The fourth-order valence-electron chi connectivity index (χ4n) is 1.45. The molecule has 0 fully saturated rings. The summed E-state index contributed by atoms with van der Waals surface area (Å²) in [6, 6.07) is 0.177. The van der Waals surface area contributed by atoms with Crippen molar-refractivity contribution in [2.75, 3.05) is 25.6 Å². The second-order valence-corrected chi connectivity index (χ2v) is 4.74. The molecule has 1 rings (SSSR count). The smallest absolute Gasteiger partial charge is 0.283 e. The van der Waals surface area contributed by atoms with Gasteiger partial charge >= 0.3 is 0 Å². The topological polar surface area (TPSA) is 76.4 Å². The first kappa shape index (κ1) is 15.1. The summed E-state index contributed by atoms with van der Waals surface area (Å²) >= 11 is 3.25. The number of hydrogen-bond donors (Lipinski definition) is 2. The first-order valence-electron chi connectivity index (χ1n) is 5.72. The van der Waals surface area contributed by atoms with Gasteiger partial charge in [-0.2, -0.15) is 5.10 Å². The maximum atomic E-state index is 11.9. The van der Waals surface area contributed by atoms with Crippen LogP contribution in [0.4, 0.5) is 5.69 Å². The third kappa shape index (κ3) is 4.08. The highest BCUT2D eigenvalue weighted by Crippen LogP contribution is 2.17. The Morgan fingerprint density at radius 3 is 3.00 bits per heavy atom. The van der Waals surface area contributed by atoms with Crippen LogP contribution in [0.2, 0.25) is 0 Å². The minimum atomic E-state index is -0.256. The number of ether oxygens (including phenoxy) is 1. The monoisotopic (exact) mass is 319 g/mol. The van der Waals surface area contributed by atoms with Gasteiger partial charge in [-0.3, -0.25) is 4.79 Å². The molecule has 0 aliphatic carbocycles. The molecule has 0 saturated heterocycles. The zero-order valence-corrected chi connectivity index (χ0v) is 12.1. The average Bonchev–Trinajstić information content (AvgIpc) is 2.36. The summed E-state index contributed by atoms with van der Waals surface area (Å²) in [5.74, 6) is 0. The van der Waals surface area contributed by atoms with Gasteiger partial charge in [0.15, 0.2) is 0 Å². The number of aliphatic hydroxyl groups excluding tert-OH is 1. The van der Waals surface area contributed by atoms with Gasteiger partial charge < -0.3 is 15.2 Å². The number of aliphatic hydroxyl groups is 1. The lowest BCUT2D eigenvalue weighted by atomic mass is 10.2. The van der Waals surface area contributed by atoms with Crippen molar-refractivity contribution in [3.05, 3.63) is 21.0 Å². The van der Waals surface area contributed by atoms with Crippen LogP contribution in [0, 0.1) is 0 Å². The molecule has 6 nitrogen and oxygen atoms in total. The quantitative estimate of drug-likeness (QED) is 0.778. The molecule has 1 unspecified atom stereocenters. The molecule has 2 N–H and O–H groups in total. The fraction of sp³-hybridized carbons (Fsp3) is 0.636. The summed E-state index contributed by atoms with van der Waals surface area (Å²) in [5, 5.41) is 16.0. The van der Waals surface area contributed by atoms with E-state index in [1.54, 1.807) is 13.3 Å². The van der Waals surface area contributed by atoms with Crippen molar-refractivity contribution in [2.45, 2.75) is 25.9 Å². The predicted octanol–water partition coefficient (Wildman–Crippen LogP) is 0.835. The van der Waals surface area contributed by atoms with Gasteiger partial charge in [0.25, 0.3) is 5.56 Å². The van der Waals surface area contributed by atoms with E-state index in [1.807, 2.05) is 6.92 Å². The van der Waals surface area contributed by atoms with Crippen molar-refractivity contribution in [3.8, 4) is 0 Å². The number of methoxy groups -OCH3 is 1. The molecule has 0 aromatic carbocycles. The second-order valence-electron chi connectivity index (χ2n) is 3.95. The highest BCUT2D eigenvalue weighted by atomic mass is 79.9. The van der Waals surface area contributed by atoms with E-state index in [-0.39, 0.29) is 24.8 Å². The molecule has 0 bridgehead atoms. The van der Waals surface area contributed by atoms with Gasteiger partial charge in [0.2, 0.25) is 0 Å². The molecule has 18 heavy (non-hydrogen) atoms. The van der Waals surface area contributed by atoms with Crippen LogP contribution in [-0.4, -0.2) is 41.3 Å². The highest BCUT2D eigenvalue weighted by molar-refractivity contribution is 9.10. The fourth-order valence-corrected chi connectivity index (χ4v) is 1.87. The standard InChI is InChI=1S/C11H18BrN3O3/c1-8(3-6-18-2)14-9-7-13-15(4-5-16)11(17)10(9)12/h7-8,14,16H,3-6H2,1-2H3. The molecule has 0 radical (unpaired) electrons. The van der Waals surface area contributed by atoms with Crippen molar-refractivity contribution < 1.29 is 9.84 Å². The van der Waals surface area contributed by atoms with E-state index in [0.717, 1.165) is 6.42 Å². The van der Waals surface area contributed by atoms with Crippen molar-refractivity contribution in [3.63, 3.8) is 0 Å². The van der Waals surface area contributed by atoms with Crippen molar-refractivity contribution in [1.82, 2.24) is 9.78 Å². The molecule has 1 atom stereocenters. The van der Waals surface area contributed by atoms with Crippen LogP contribution >= 0.6 is 15.9 Å². The third-order valence-corrected chi connectivity index (χ3v) is 3.22. The van der Waals surface area contributed by atoms with Crippen molar-refractivity contribution >= 4 is 21.6 Å². The second kappa shape index (κ2) is 7.50. The number of anilines is 1. The van der Waals surface area contributed by atoms with Gasteiger partial charge in [-0.25, -0.2) is 4.68 Å². The van der Waals surface area contributed by atoms with E-state index in [9.17, 15) is 4.79 Å². The van der Waals surface area contributed by atoms with Crippen LogP contribution in [0.3, 0.4) is 0 Å². The third-order valence-electron chi connectivity index (χ3n) is 2.45. The Morgan fingerprint density at radius 2 is 2.39 bits per heavy atom. The highest BCUT2D eigenvalue weighted by Gasteiger charge is 2.10. The minimum absolute atomic E-state index is 0.115. The number of nitrogens with zero attached hydrogens (tertiary/aromatic N) is 2. The van der Waals surface area contributed by atoms with Crippen molar-refractivity contribution in [1.29, 1.82) is 0 Å². The summed E-state index contributed by atoms with van der Waals surface area (Å²) in [7, 11) is 1.65. The molecule has 0 aliphatic rings. The summed E-state index contributed by atoms with van der Waals surface area (Å²) in [5.41, 5.74) is 0.394. The zero-order valence-electron chi connectivity index (χ0n) is 10.5. The van der Waals surface area contributed by atoms with E-state index in [0.29, 0.717) is 16.8 Å². The van der Waals surface area contributed by atoms with Gasteiger partial charge in [-0.1, -0.05) is 0 Å². The summed E-state index contributed by atoms with van der Waals surface area (Å²) in [6.45, 7) is 2.73. The van der Waals surface area contributed by atoms with Gasteiger partial charge in [-0.05, 0) is 29.3 Å². The van der Waals surface area contributed by atoms with Crippen LogP contribution in [0.1, 0.15) is 13.3 Å². The largest absolute Gasteiger partial charge is 0.394 e. The molecule has 7 heteroatoms.